The van der Waals surface area contributed by atoms with Crippen LogP contribution in [-0.4, -0.2) is 9.97 Å². The maximum absolute atomic E-state index is 5.05. The van der Waals surface area contributed by atoms with Crippen molar-refractivity contribution in [3.8, 4) is 11.3 Å². The standard InChI is InChI=1S/C14H11N3O/c1-2-4-12(5-3-1)16-14-15-8-6-13(17-14)11-7-9-18-10-11/h1-10H,(H,15,16,17). The predicted octanol–water partition coefficient (Wildman–Crippen LogP) is 3.48. The number of para-hydroxylation sites is 1. The van der Waals surface area contributed by atoms with Crippen LogP contribution in [0.2, 0.25) is 0 Å². The van der Waals surface area contributed by atoms with Gasteiger partial charge >= 0.3 is 0 Å². The van der Waals surface area contributed by atoms with Gasteiger partial charge < -0.3 is 9.73 Å². The topological polar surface area (TPSA) is 51.0 Å². The minimum Gasteiger partial charge on any atom is -0.472 e. The number of aromatic nitrogens is 2. The molecule has 0 unspecified atom stereocenters. The average Bonchev–Trinajstić information content (AvgIpc) is 2.94. The second-order valence-electron chi connectivity index (χ2n) is 3.77. The van der Waals surface area contributed by atoms with Crippen LogP contribution in [0.1, 0.15) is 0 Å². The molecule has 2 heterocycles. The number of nitrogens with one attached hydrogen (secondary N) is 1. The summed E-state index contributed by atoms with van der Waals surface area (Å²) in [5.41, 5.74) is 2.73. The van der Waals surface area contributed by atoms with E-state index in [1.165, 1.54) is 0 Å². The van der Waals surface area contributed by atoms with Crippen molar-refractivity contribution in [2.75, 3.05) is 5.32 Å². The average molecular weight is 237 g/mol. The summed E-state index contributed by atoms with van der Waals surface area (Å²) >= 11 is 0. The Hall–Kier alpha value is -2.62. The van der Waals surface area contributed by atoms with Crippen LogP contribution in [0.5, 0.6) is 0 Å². The van der Waals surface area contributed by atoms with Crippen LogP contribution in [0.25, 0.3) is 11.3 Å². The summed E-state index contributed by atoms with van der Waals surface area (Å²) in [4.78, 5) is 8.62. The third-order valence-corrected chi connectivity index (χ3v) is 2.50. The van der Waals surface area contributed by atoms with Gasteiger partial charge in [-0.15, -0.1) is 0 Å². The van der Waals surface area contributed by atoms with Crippen molar-refractivity contribution in [1.82, 2.24) is 9.97 Å². The third kappa shape index (κ3) is 2.22. The van der Waals surface area contributed by atoms with E-state index < -0.39 is 0 Å². The fourth-order valence-corrected chi connectivity index (χ4v) is 1.64. The lowest BCUT2D eigenvalue weighted by molar-refractivity contribution is 0.568. The summed E-state index contributed by atoms with van der Waals surface area (Å²) in [5.74, 6) is 0.569. The van der Waals surface area contributed by atoms with E-state index >= 15 is 0 Å². The summed E-state index contributed by atoms with van der Waals surface area (Å²) in [5, 5.41) is 3.15. The van der Waals surface area contributed by atoms with Gasteiger partial charge in [0.05, 0.1) is 18.2 Å². The van der Waals surface area contributed by atoms with Crippen LogP contribution in [0.4, 0.5) is 11.6 Å². The van der Waals surface area contributed by atoms with Gasteiger partial charge in [-0.2, -0.15) is 0 Å². The Bertz CT molecular complexity index is 621. The summed E-state index contributed by atoms with van der Waals surface area (Å²) in [6.07, 6.45) is 5.01. The van der Waals surface area contributed by atoms with E-state index in [4.69, 9.17) is 4.42 Å². The van der Waals surface area contributed by atoms with Gasteiger partial charge in [0.25, 0.3) is 0 Å². The highest BCUT2D eigenvalue weighted by molar-refractivity contribution is 5.60. The number of nitrogens with zero attached hydrogens (tertiary/aromatic N) is 2. The van der Waals surface area contributed by atoms with E-state index in [1.54, 1.807) is 18.7 Å². The number of hydrogen-bond acceptors (Lipinski definition) is 4. The van der Waals surface area contributed by atoms with Gasteiger partial charge in [0.2, 0.25) is 5.95 Å². The van der Waals surface area contributed by atoms with Gasteiger partial charge in [-0.1, -0.05) is 18.2 Å². The largest absolute Gasteiger partial charge is 0.472 e. The molecule has 0 saturated carbocycles. The Morgan fingerprint density at radius 1 is 1.00 bits per heavy atom. The molecule has 3 rings (SSSR count). The number of furan rings is 1. The highest BCUT2D eigenvalue weighted by atomic mass is 16.3. The molecule has 88 valence electrons. The number of benzene rings is 1. The molecule has 0 aliphatic heterocycles. The zero-order chi connectivity index (χ0) is 12.2. The van der Waals surface area contributed by atoms with Crippen molar-refractivity contribution in [2.24, 2.45) is 0 Å². The second kappa shape index (κ2) is 4.71. The molecule has 0 aliphatic carbocycles. The number of rotatable bonds is 3. The van der Waals surface area contributed by atoms with Crippen molar-refractivity contribution in [2.45, 2.75) is 0 Å². The van der Waals surface area contributed by atoms with Crippen LogP contribution in [0, 0.1) is 0 Å². The first kappa shape index (κ1) is 10.5. The maximum Gasteiger partial charge on any atom is 0.227 e. The number of hydrogen-bond donors (Lipinski definition) is 1. The minimum absolute atomic E-state index is 0.569. The van der Waals surface area contributed by atoms with Gasteiger partial charge in [-0.3, -0.25) is 0 Å². The Balaban J connectivity index is 1.88. The molecule has 2 aromatic heterocycles. The SMILES string of the molecule is c1ccc(Nc2nccc(-c3ccoc3)n2)cc1. The third-order valence-electron chi connectivity index (χ3n) is 2.50. The van der Waals surface area contributed by atoms with Crippen LogP contribution in [0.3, 0.4) is 0 Å². The molecule has 0 fully saturated rings. The molecule has 0 amide bonds. The monoisotopic (exact) mass is 237 g/mol. The number of anilines is 2. The first-order chi connectivity index (χ1) is 8.92. The van der Waals surface area contributed by atoms with Crippen molar-refractivity contribution in [1.29, 1.82) is 0 Å². The quantitative estimate of drug-likeness (QED) is 0.757. The van der Waals surface area contributed by atoms with Crippen molar-refractivity contribution in [3.05, 3.63) is 61.2 Å². The van der Waals surface area contributed by atoms with Gasteiger partial charge in [-0.05, 0) is 24.3 Å². The highest BCUT2D eigenvalue weighted by Gasteiger charge is 2.03. The van der Waals surface area contributed by atoms with Crippen LogP contribution in [0.15, 0.2) is 65.6 Å². The zero-order valence-corrected chi connectivity index (χ0v) is 9.58. The van der Waals surface area contributed by atoms with E-state index in [2.05, 4.69) is 15.3 Å². The van der Waals surface area contributed by atoms with E-state index in [9.17, 15) is 0 Å². The van der Waals surface area contributed by atoms with Crippen LogP contribution < -0.4 is 5.32 Å². The fraction of sp³-hybridized carbons (Fsp3) is 0. The first-order valence-electron chi connectivity index (χ1n) is 5.59. The molecule has 0 bridgehead atoms. The highest BCUT2D eigenvalue weighted by Crippen LogP contribution is 2.19. The predicted molar refractivity (Wildman–Crippen MR) is 69.5 cm³/mol. The molecular formula is C14H11N3O. The lowest BCUT2D eigenvalue weighted by Crippen LogP contribution is -1.97. The van der Waals surface area contributed by atoms with Gasteiger partial charge in [0.15, 0.2) is 0 Å². The van der Waals surface area contributed by atoms with E-state index in [0.717, 1.165) is 16.9 Å². The molecule has 18 heavy (non-hydrogen) atoms. The van der Waals surface area contributed by atoms with E-state index in [-0.39, 0.29) is 0 Å². The molecule has 1 N–H and O–H groups in total. The Kier molecular flexibility index (Phi) is 2.75. The summed E-state index contributed by atoms with van der Waals surface area (Å²) in [7, 11) is 0. The van der Waals surface area contributed by atoms with Crippen molar-refractivity contribution in [3.63, 3.8) is 0 Å². The van der Waals surface area contributed by atoms with E-state index in [0.29, 0.717) is 5.95 Å². The molecule has 0 radical (unpaired) electrons. The second-order valence-corrected chi connectivity index (χ2v) is 3.77. The molecular weight excluding hydrogens is 226 g/mol. The van der Waals surface area contributed by atoms with Crippen molar-refractivity contribution >= 4 is 11.6 Å². The Labute approximate surface area is 104 Å². The van der Waals surface area contributed by atoms with Gasteiger partial charge in [-0.25, -0.2) is 9.97 Å². The summed E-state index contributed by atoms with van der Waals surface area (Å²) in [6.45, 7) is 0. The van der Waals surface area contributed by atoms with Crippen LogP contribution in [-0.2, 0) is 0 Å². The Morgan fingerprint density at radius 3 is 2.67 bits per heavy atom. The summed E-state index contributed by atoms with van der Waals surface area (Å²) < 4.78 is 5.05. The summed E-state index contributed by atoms with van der Waals surface area (Å²) in [6, 6.07) is 13.5. The molecule has 0 aliphatic rings. The molecule has 0 atom stereocenters. The first-order valence-corrected chi connectivity index (χ1v) is 5.59. The lowest BCUT2D eigenvalue weighted by Gasteiger charge is -2.05. The van der Waals surface area contributed by atoms with Crippen LogP contribution >= 0.6 is 0 Å². The lowest BCUT2D eigenvalue weighted by atomic mass is 10.2. The van der Waals surface area contributed by atoms with Gasteiger partial charge in [0.1, 0.15) is 0 Å². The normalized spacial score (nSPS) is 10.2. The van der Waals surface area contributed by atoms with Crippen molar-refractivity contribution < 1.29 is 4.42 Å². The molecule has 0 saturated heterocycles. The molecule has 3 aromatic rings. The minimum atomic E-state index is 0.569. The molecule has 4 nitrogen and oxygen atoms in total. The van der Waals surface area contributed by atoms with E-state index in [1.807, 2.05) is 42.5 Å². The molecule has 0 spiro atoms. The fourth-order valence-electron chi connectivity index (χ4n) is 1.64. The molecule has 4 heteroatoms. The maximum atomic E-state index is 5.05. The smallest absolute Gasteiger partial charge is 0.227 e. The Morgan fingerprint density at radius 2 is 1.89 bits per heavy atom. The zero-order valence-electron chi connectivity index (χ0n) is 9.58. The van der Waals surface area contributed by atoms with Gasteiger partial charge in [0, 0.05) is 17.4 Å². The molecule has 1 aromatic carbocycles.